The van der Waals surface area contributed by atoms with E-state index < -0.39 is 16.1 Å². The van der Waals surface area contributed by atoms with E-state index in [0.29, 0.717) is 0 Å². The summed E-state index contributed by atoms with van der Waals surface area (Å²) >= 11 is 0. The second kappa shape index (κ2) is 4.76. The van der Waals surface area contributed by atoms with Crippen LogP contribution in [-0.4, -0.2) is 20.2 Å². The fourth-order valence-electron chi connectivity index (χ4n) is 1.17. The van der Waals surface area contributed by atoms with Gasteiger partial charge in [-0.2, -0.15) is 0 Å². The molecule has 1 rings (SSSR count). The van der Waals surface area contributed by atoms with Gasteiger partial charge in [0.2, 0.25) is 10.0 Å². The van der Waals surface area contributed by atoms with Gasteiger partial charge in [-0.15, -0.1) is 0 Å². The Morgan fingerprint density at radius 2 is 2.00 bits per heavy atom. The lowest BCUT2D eigenvalue weighted by Gasteiger charge is -2.11. The summed E-state index contributed by atoms with van der Waals surface area (Å²) in [7, 11) is -3.60. The van der Waals surface area contributed by atoms with Crippen molar-refractivity contribution in [2.24, 2.45) is 0 Å². The maximum absolute atomic E-state index is 11.8. The number of sulfonamides is 1. The van der Waals surface area contributed by atoms with Gasteiger partial charge in [0.25, 0.3) is 0 Å². The minimum atomic E-state index is -3.60. The zero-order chi connectivity index (χ0) is 12.3. The first-order valence-electron chi connectivity index (χ1n) is 4.92. The Balaban J connectivity index is 2.99. The van der Waals surface area contributed by atoms with E-state index >= 15 is 0 Å². The van der Waals surface area contributed by atoms with Crippen LogP contribution >= 0.6 is 0 Å². The summed E-state index contributed by atoms with van der Waals surface area (Å²) in [4.78, 5) is 11.2. The van der Waals surface area contributed by atoms with Gasteiger partial charge >= 0.3 is 0 Å². The highest BCUT2D eigenvalue weighted by molar-refractivity contribution is 7.89. The summed E-state index contributed by atoms with van der Waals surface area (Å²) in [6.07, 6.45) is 0. The van der Waals surface area contributed by atoms with Gasteiger partial charge in [-0.1, -0.05) is 12.1 Å². The maximum Gasteiger partial charge on any atom is 0.241 e. The van der Waals surface area contributed by atoms with Crippen molar-refractivity contribution in [1.29, 1.82) is 0 Å². The third kappa shape index (κ3) is 3.15. The van der Waals surface area contributed by atoms with Crippen LogP contribution in [0.15, 0.2) is 29.2 Å². The first-order chi connectivity index (χ1) is 7.33. The van der Waals surface area contributed by atoms with Crippen LogP contribution in [0.25, 0.3) is 0 Å². The van der Waals surface area contributed by atoms with E-state index in [2.05, 4.69) is 4.72 Å². The van der Waals surface area contributed by atoms with Crippen LogP contribution in [0, 0.1) is 6.92 Å². The topological polar surface area (TPSA) is 63.2 Å². The third-order valence-corrected chi connectivity index (χ3v) is 3.78. The van der Waals surface area contributed by atoms with Crippen molar-refractivity contribution < 1.29 is 13.2 Å². The van der Waals surface area contributed by atoms with E-state index in [1.807, 2.05) is 13.0 Å². The van der Waals surface area contributed by atoms with Crippen molar-refractivity contribution >= 4 is 15.8 Å². The summed E-state index contributed by atoms with van der Waals surface area (Å²) in [5.74, 6) is -0.212. The lowest BCUT2D eigenvalue weighted by Crippen LogP contribution is -2.37. The van der Waals surface area contributed by atoms with Gasteiger partial charge in [-0.25, -0.2) is 13.1 Å². The second-order valence-electron chi connectivity index (χ2n) is 3.77. The fraction of sp³-hybridized carbons (Fsp3) is 0.364. The molecule has 0 aliphatic carbocycles. The molecule has 1 atom stereocenters. The molecule has 0 fully saturated rings. The van der Waals surface area contributed by atoms with Crippen LogP contribution < -0.4 is 4.72 Å². The van der Waals surface area contributed by atoms with Crippen molar-refractivity contribution in [2.45, 2.75) is 31.7 Å². The van der Waals surface area contributed by atoms with Gasteiger partial charge in [0.15, 0.2) is 0 Å². The smallest absolute Gasteiger partial charge is 0.241 e. The van der Waals surface area contributed by atoms with E-state index in [0.717, 1.165) is 5.56 Å². The van der Waals surface area contributed by atoms with Gasteiger partial charge in [0.1, 0.15) is 5.78 Å². The quantitative estimate of drug-likeness (QED) is 0.863. The summed E-state index contributed by atoms with van der Waals surface area (Å²) in [5, 5.41) is 0. The molecule has 1 aromatic carbocycles. The molecule has 1 N–H and O–H groups in total. The number of nitrogens with one attached hydrogen (secondary N) is 1. The molecule has 0 heterocycles. The number of carbonyl (C=O) groups is 1. The zero-order valence-corrected chi connectivity index (χ0v) is 10.3. The second-order valence-corrected chi connectivity index (χ2v) is 5.48. The van der Waals surface area contributed by atoms with Crippen LogP contribution in [-0.2, 0) is 14.8 Å². The predicted molar refractivity (Wildman–Crippen MR) is 61.6 cm³/mol. The number of ketones is 1. The van der Waals surface area contributed by atoms with E-state index in [9.17, 15) is 13.2 Å². The largest absolute Gasteiger partial charge is 0.298 e. The molecular formula is C11H15NO3S. The highest BCUT2D eigenvalue weighted by atomic mass is 32.2. The monoisotopic (exact) mass is 241 g/mol. The first kappa shape index (κ1) is 12.9. The van der Waals surface area contributed by atoms with E-state index in [1.165, 1.54) is 19.9 Å². The number of Topliss-reactive ketones (excluding diaryl/α,β-unsaturated/α-hetero) is 1. The molecule has 1 unspecified atom stereocenters. The van der Waals surface area contributed by atoms with Crippen LogP contribution in [0.5, 0.6) is 0 Å². The minimum absolute atomic E-state index is 0.181. The molecule has 0 bridgehead atoms. The maximum atomic E-state index is 11.8. The average molecular weight is 241 g/mol. The van der Waals surface area contributed by atoms with Crippen molar-refractivity contribution in [2.75, 3.05) is 0 Å². The van der Waals surface area contributed by atoms with E-state index in [-0.39, 0.29) is 10.7 Å². The Kier molecular flexibility index (Phi) is 3.83. The van der Waals surface area contributed by atoms with Crippen molar-refractivity contribution in [3.05, 3.63) is 29.8 Å². The Hall–Kier alpha value is -1.20. The summed E-state index contributed by atoms with van der Waals surface area (Å²) in [5.41, 5.74) is 0.860. The molecule has 88 valence electrons. The average Bonchev–Trinajstić information content (AvgIpc) is 2.17. The van der Waals surface area contributed by atoms with Crippen LogP contribution in [0.1, 0.15) is 19.4 Å². The molecule has 0 aliphatic heterocycles. The highest BCUT2D eigenvalue weighted by Gasteiger charge is 2.19. The molecule has 0 radical (unpaired) electrons. The molecule has 0 spiro atoms. The number of benzene rings is 1. The molecule has 5 heteroatoms. The Morgan fingerprint density at radius 3 is 2.50 bits per heavy atom. The Bertz CT molecular complexity index is 494. The Morgan fingerprint density at radius 1 is 1.38 bits per heavy atom. The van der Waals surface area contributed by atoms with Gasteiger partial charge in [0.05, 0.1) is 10.9 Å². The van der Waals surface area contributed by atoms with Crippen molar-refractivity contribution in [3.8, 4) is 0 Å². The van der Waals surface area contributed by atoms with Crippen LogP contribution in [0.2, 0.25) is 0 Å². The zero-order valence-electron chi connectivity index (χ0n) is 9.52. The molecule has 0 aliphatic rings. The lowest BCUT2D eigenvalue weighted by molar-refractivity contribution is -0.118. The van der Waals surface area contributed by atoms with Gasteiger partial charge < -0.3 is 0 Å². The van der Waals surface area contributed by atoms with Gasteiger partial charge in [0, 0.05) is 0 Å². The summed E-state index contributed by atoms with van der Waals surface area (Å²) in [6.45, 7) is 4.69. The number of hydrogen-bond acceptors (Lipinski definition) is 3. The predicted octanol–water partition coefficient (Wildman–Crippen LogP) is 1.25. The minimum Gasteiger partial charge on any atom is -0.298 e. The normalized spacial score (nSPS) is 13.4. The summed E-state index contributed by atoms with van der Waals surface area (Å²) < 4.78 is 26.0. The number of aryl methyl sites for hydroxylation is 1. The molecular weight excluding hydrogens is 226 g/mol. The third-order valence-electron chi connectivity index (χ3n) is 2.24. The van der Waals surface area contributed by atoms with Crippen molar-refractivity contribution in [1.82, 2.24) is 4.72 Å². The molecule has 0 saturated heterocycles. The molecule has 0 amide bonds. The number of carbonyl (C=O) groups excluding carboxylic acids is 1. The molecule has 16 heavy (non-hydrogen) atoms. The highest BCUT2D eigenvalue weighted by Crippen LogP contribution is 2.11. The molecule has 0 saturated carbocycles. The molecule has 0 aromatic heterocycles. The lowest BCUT2D eigenvalue weighted by atomic mass is 10.2. The molecule has 4 nitrogen and oxygen atoms in total. The molecule has 1 aromatic rings. The summed E-state index contributed by atoms with van der Waals surface area (Å²) in [6, 6.07) is 5.85. The number of hydrogen-bond donors (Lipinski definition) is 1. The van der Waals surface area contributed by atoms with E-state index in [4.69, 9.17) is 0 Å². The van der Waals surface area contributed by atoms with Gasteiger partial charge in [-0.05, 0) is 38.5 Å². The Labute approximate surface area is 95.7 Å². The number of rotatable bonds is 4. The standard InChI is InChI=1S/C11H15NO3S/c1-8-5-4-6-11(7-8)16(14,15)12-9(2)10(3)13/h4-7,9,12H,1-3H3. The van der Waals surface area contributed by atoms with Crippen LogP contribution in [0.4, 0.5) is 0 Å². The van der Waals surface area contributed by atoms with E-state index in [1.54, 1.807) is 12.1 Å². The fourth-order valence-corrected chi connectivity index (χ4v) is 2.53. The van der Waals surface area contributed by atoms with Crippen molar-refractivity contribution in [3.63, 3.8) is 0 Å². The first-order valence-corrected chi connectivity index (χ1v) is 6.40. The van der Waals surface area contributed by atoms with Gasteiger partial charge in [-0.3, -0.25) is 4.79 Å². The SMILES string of the molecule is CC(=O)C(C)NS(=O)(=O)c1cccc(C)c1. The van der Waals surface area contributed by atoms with Crippen LogP contribution in [0.3, 0.4) is 0 Å².